The number of hydrogen-bond donors (Lipinski definition) is 1. The minimum Gasteiger partial charge on any atom is -0.472 e. The molecule has 0 bridgehead atoms. The second-order valence-corrected chi connectivity index (χ2v) is 10.4. The van der Waals surface area contributed by atoms with E-state index in [0.29, 0.717) is 36.7 Å². The maximum absolute atomic E-state index is 13.5. The zero-order valence-corrected chi connectivity index (χ0v) is 21.8. The normalized spacial score (nSPS) is 21.5. The number of nitrogens with zero attached hydrogens (tertiary/aromatic N) is 4. The number of pyridine rings is 1. The van der Waals surface area contributed by atoms with Crippen molar-refractivity contribution in [1.82, 2.24) is 19.7 Å². The van der Waals surface area contributed by atoms with E-state index in [-0.39, 0.29) is 42.4 Å². The first-order valence-corrected chi connectivity index (χ1v) is 12.7. The summed E-state index contributed by atoms with van der Waals surface area (Å²) in [6.45, 7) is 4.75. The van der Waals surface area contributed by atoms with Gasteiger partial charge in [-0.05, 0) is 45.8 Å². The molecule has 3 atom stereocenters. The van der Waals surface area contributed by atoms with Crippen molar-refractivity contribution in [3.8, 4) is 17.7 Å². The first-order valence-electron chi connectivity index (χ1n) is 12.7. The number of amides is 2. The van der Waals surface area contributed by atoms with E-state index in [4.69, 9.17) is 4.74 Å². The number of rotatable bonds is 7. The van der Waals surface area contributed by atoms with Crippen molar-refractivity contribution in [1.29, 1.82) is 0 Å². The second-order valence-electron chi connectivity index (χ2n) is 10.4. The Bertz CT molecular complexity index is 948. The van der Waals surface area contributed by atoms with Crippen molar-refractivity contribution in [2.75, 3.05) is 47.4 Å². The molecule has 192 valence electrons. The van der Waals surface area contributed by atoms with Gasteiger partial charge in [-0.3, -0.25) is 9.59 Å². The summed E-state index contributed by atoms with van der Waals surface area (Å²) in [5, 5.41) is 9.82. The zero-order chi connectivity index (χ0) is 25.5. The second kappa shape index (κ2) is 12.4. The zero-order valence-electron chi connectivity index (χ0n) is 21.8. The number of likely N-dealkylation sites (N-methyl/N-ethyl adjacent to an activating group) is 2. The fourth-order valence-electron chi connectivity index (χ4n) is 4.66. The lowest BCUT2D eigenvalue weighted by Crippen LogP contribution is -2.51. The largest absolute Gasteiger partial charge is 0.472 e. The highest BCUT2D eigenvalue weighted by Crippen LogP contribution is 2.28. The summed E-state index contributed by atoms with van der Waals surface area (Å²) in [5.74, 6) is 7.04. The van der Waals surface area contributed by atoms with Gasteiger partial charge in [-0.1, -0.05) is 31.6 Å². The van der Waals surface area contributed by atoms with Crippen molar-refractivity contribution in [3.05, 3.63) is 23.4 Å². The quantitative estimate of drug-likeness (QED) is 0.598. The Morgan fingerprint density at radius 2 is 2.03 bits per heavy atom. The molecule has 1 aliphatic carbocycles. The number of aliphatic hydroxyl groups excluding tert-OH is 1. The predicted octanol–water partition coefficient (Wildman–Crippen LogP) is 2.25. The number of carbonyl (C=O) groups excluding carboxylic acids is 2. The molecular formula is C27H40N4O4. The molecule has 1 aromatic rings. The van der Waals surface area contributed by atoms with Gasteiger partial charge >= 0.3 is 0 Å². The summed E-state index contributed by atoms with van der Waals surface area (Å²) in [5.41, 5.74) is 1.02. The Morgan fingerprint density at radius 1 is 1.31 bits per heavy atom. The van der Waals surface area contributed by atoms with Crippen molar-refractivity contribution in [2.45, 2.75) is 58.1 Å². The molecule has 1 N–H and O–H groups in total. The van der Waals surface area contributed by atoms with E-state index in [1.54, 1.807) is 29.1 Å². The van der Waals surface area contributed by atoms with E-state index in [1.165, 1.54) is 25.7 Å². The van der Waals surface area contributed by atoms with Gasteiger partial charge in [0, 0.05) is 37.7 Å². The van der Waals surface area contributed by atoms with E-state index in [2.05, 4.69) is 16.8 Å². The van der Waals surface area contributed by atoms with Gasteiger partial charge in [0.05, 0.1) is 25.7 Å². The van der Waals surface area contributed by atoms with Crippen molar-refractivity contribution < 1.29 is 19.4 Å². The van der Waals surface area contributed by atoms with Crippen molar-refractivity contribution in [3.63, 3.8) is 0 Å². The topological polar surface area (TPSA) is 86.2 Å². The van der Waals surface area contributed by atoms with E-state index >= 15 is 0 Å². The Hall–Kier alpha value is -2.63. The van der Waals surface area contributed by atoms with E-state index in [0.717, 1.165) is 6.42 Å². The molecule has 1 aromatic heterocycles. The van der Waals surface area contributed by atoms with Crippen LogP contribution in [-0.4, -0.2) is 96.1 Å². The molecule has 1 fully saturated rings. The van der Waals surface area contributed by atoms with Crippen LogP contribution in [0.1, 0.15) is 61.9 Å². The standard InChI is InChI=1S/C27H40N4O4/c1-19-15-31(20(2)18-32)27(34)23-13-22(12-8-11-21-9-6-7-10-21)14-28-26(23)35-24(19)16-30(5)25(33)17-29(3)4/h13-14,19-21,24,32H,6-7,9-11,15-18H2,1-5H3/t19-,20+,24-/m1/s1. The number of aromatic nitrogens is 1. The fraction of sp³-hybridized carbons (Fsp3) is 0.667. The first kappa shape index (κ1) is 27.0. The highest BCUT2D eigenvalue weighted by Gasteiger charge is 2.34. The van der Waals surface area contributed by atoms with Gasteiger partial charge in [0.2, 0.25) is 11.8 Å². The molecule has 8 heteroatoms. The number of fused-ring (bicyclic) bond motifs is 1. The van der Waals surface area contributed by atoms with Gasteiger partial charge in [-0.15, -0.1) is 0 Å². The summed E-state index contributed by atoms with van der Waals surface area (Å²) in [6.07, 6.45) is 7.20. The maximum Gasteiger partial charge on any atom is 0.259 e. The Balaban J connectivity index is 1.87. The summed E-state index contributed by atoms with van der Waals surface area (Å²) >= 11 is 0. The van der Waals surface area contributed by atoms with Crippen LogP contribution in [0.2, 0.25) is 0 Å². The molecule has 35 heavy (non-hydrogen) atoms. The molecule has 2 aliphatic rings. The molecule has 8 nitrogen and oxygen atoms in total. The van der Waals surface area contributed by atoms with Gasteiger partial charge in [-0.2, -0.15) is 0 Å². The molecular weight excluding hydrogens is 444 g/mol. The van der Waals surface area contributed by atoms with Crippen LogP contribution in [0.5, 0.6) is 5.88 Å². The third-order valence-corrected chi connectivity index (χ3v) is 6.95. The van der Waals surface area contributed by atoms with Gasteiger partial charge in [-0.25, -0.2) is 4.98 Å². The fourth-order valence-corrected chi connectivity index (χ4v) is 4.66. The van der Waals surface area contributed by atoms with E-state index in [1.807, 2.05) is 32.8 Å². The lowest BCUT2D eigenvalue weighted by molar-refractivity contribution is -0.132. The summed E-state index contributed by atoms with van der Waals surface area (Å²) < 4.78 is 6.27. The van der Waals surface area contributed by atoms with Crippen LogP contribution in [0, 0.1) is 23.7 Å². The van der Waals surface area contributed by atoms with Crippen LogP contribution in [-0.2, 0) is 4.79 Å². The lowest BCUT2D eigenvalue weighted by Gasteiger charge is -2.37. The van der Waals surface area contributed by atoms with E-state index in [9.17, 15) is 14.7 Å². The van der Waals surface area contributed by atoms with Crippen LogP contribution < -0.4 is 4.74 Å². The lowest BCUT2D eigenvalue weighted by atomic mass is 9.99. The molecule has 0 aromatic carbocycles. The van der Waals surface area contributed by atoms with Crippen LogP contribution in [0.4, 0.5) is 0 Å². The van der Waals surface area contributed by atoms with Crippen LogP contribution >= 0.6 is 0 Å². The van der Waals surface area contributed by atoms with Gasteiger partial charge in [0.1, 0.15) is 11.7 Å². The van der Waals surface area contributed by atoms with Crippen LogP contribution in [0.3, 0.4) is 0 Å². The summed E-state index contributed by atoms with van der Waals surface area (Å²) in [7, 11) is 5.47. The number of ether oxygens (including phenoxy) is 1. The average Bonchev–Trinajstić information content (AvgIpc) is 3.34. The van der Waals surface area contributed by atoms with Crippen LogP contribution in [0.15, 0.2) is 12.3 Å². The highest BCUT2D eigenvalue weighted by atomic mass is 16.5. The molecule has 0 radical (unpaired) electrons. The molecule has 3 rings (SSSR count). The number of carbonyl (C=O) groups is 2. The minimum atomic E-state index is -0.363. The molecule has 0 spiro atoms. The smallest absolute Gasteiger partial charge is 0.259 e. The minimum absolute atomic E-state index is 0.00872. The van der Waals surface area contributed by atoms with Gasteiger partial charge < -0.3 is 24.5 Å². The SMILES string of the molecule is C[C@@H]1CN([C@@H](C)CO)C(=O)c2cc(C#CCC3CCCC3)cnc2O[C@@H]1CN(C)C(=O)CN(C)C. The van der Waals surface area contributed by atoms with Gasteiger partial charge in [0.25, 0.3) is 5.91 Å². The number of hydrogen-bond acceptors (Lipinski definition) is 6. The average molecular weight is 485 g/mol. The summed E-state index contributed by atoms with van der Waals surface area (Å²) in [4.78, 5) is 35.7. The van der Waals surface area contributed by atoms with Gasteiger partial charge in [0.15, 0.2) is 0 Å². The number of aliphatic hydroxyl groups is 1. The maximum atomic E-state index is 13.5. The summed E-state index contributed by atoms with van der Waals surface area (Å²) in [6, 6.07) is 1.39. The first-order chi connectivity index (χ1) is 16.7. The molecule has 2 heterocycles. The molecule has 1 aliphatic heterocycles. The molecule has 0 unspecified atom stereocenters. The Labute approximate surface area is 209 Å². The monoisotopic (exact) mass is 484 g/mol. The third-order valence-electron chi connectivity index (χ3n) is 6.95. The van der Waals surface area contributed by atoms with E-state index < -0.39 is 0 Å². The molecule has 1 saturated carbocycles. The highest BCUT2D eigenvalue weighted by molar-refractivity contribution is 5.97. The third kappa shape index (κ3) is 7.18. The Morgan fingerprint density at radius 3 is 2.69 bits per heavy atom. The van der Waals surface area contributed by atoms with Crippen molar-refractivity contribution in [2.24, 2.45) is 11.8 Å². The predicted molar refractivity (Wildman–Crippen MR) is 135 cm³/mol. The van der Waals surface area contributed by atoms with Crippen LogP contribution in [0.25, 0.3) is 0 Å². The Kier molecular flexibility index (Phi) is 9.53. The molecule has 2 amide bonds. The molecule has 0 saturated heterocycles. The van der Waals surface area contributed by atoms with Crippen molar-refractivity contribution >= 4 is 11.8 Å².